The van der Waals surface area contributed by atoms with Crippen molar-refractivity contribution in [1.29, 1.82) is 0 Å². The summed E-state index contributed by atoms with van der Waals surface area (Å²) in [5.74, 6) is 0. The van der Waals surface area contributed by atoms with E-state index in [9.17, 15) is 0 Å². The molecule has 1 aromatic rings. The molecule has 19 heavy (non-hydrogen) atoms. The maximum atomic E-state index is 6.26. The number of aromatic nitrogens is 2. The molecule has 2 atom stereocenters. The third-order valence-electron chi connectivity index (χ3n) is 3.93. The molecule has 0 amide bonds. The van der Waals surface area contributed by atoms with Gasteiger partial charge in [-0.15, -0.1) is 0 Å². The van der Waals surface area contributed by atoms with Crippen molar-refractivity contribution in [2.45, 2.75) is 71.1 Å². The molecule has 1 fully saturated rings. The number of aryl methyl sites for hydroxylation is 2. The van der Waals surface area contributed by atoms with Crippen LogP contribution >= 0.6 is 0 Å². The lowest BCUT2D eigenvalue weighted by Crippen LogP contribution is -2.26. The summed E-state index contributed by atoms with van der Waals surface area (Å²) in [5.41, 5.74) is 8.71. The largest absolute Gasteiger partial charge is 0.378 e. The molecule has 4 heteroatoms. The molecule has 0 aliphatic carbocycles. The first-order valence-corrected chi connectivity index (χ1v) is 7.65. The fraction of sp³-hybridized carbons (Fsp3) is 0.800. The molecule has 4 nitrogen and oxygen atoms in total. The molecule has 108 valence electrons. The van der Waals surface area contributed by atoms with Gasteiger partial charge in [-0.1, -0.05) is 6.92 Å². The average molecular weight is 265 g/mol. The number of hydrogen-bond donors (Lipinski definition) is 1. The summed E-state index contributed by atoms with van der Waals surface area (Å²) < 4.78 is 7.73. The quantitative estimate of drug-likeness (QED) is 0.823. The summed E-state index contributed by atoms with van der Waals surface area (Å²) in [4.78, 5) is 0. The number of rotatable bonds is 7. The van der Waals surface area contributed by atoms with Gasteiger partial charge in [-0.05, 0) is 45.1 Å². The van der Waals surface area contributed by atoms with Crippen molar-refractivity contribution in [3.05, 3.63) is 17.5 Å². The second kappa shape index (κ2) is 7.06. The molecule has 1 aromatic heterocycles. The maximum Gasteiger partial charge on any atom is 0.0624 e. The Morgan fingerprint density at radius 2 is 2.37 bits per heavy atom. The summed E-state index contributed by atoms with van der Waals surface area (Å²) in [7, 11) is 0. The smallest absolute Gasteiger partial charge is 0.0624 e. The fourth-order valence-electron chi connectivity index (χ4n) is 2.77. The first-order chi connectivity index (χ1) is 9.22. The van der Waals surface area contributed by atoms with Gasteiger partial charge in [-0.3, -0.25) is 4.68 Å². The predicted molar refractivity (Wildman–Crippen MR) is 77.2 cm³/mol. The molecule has 0 radical (unpaired) electrons. The Labute approximate surface area is 116 Å². The van der Waals surface area contributed by atoms with Gasteiger partial charge in [0.1, 0.15) is 0 Å². The minimum Gasteiger partial charge on any atom is -0.378 e. The van der Waals surface area contributed by atoms with Crippen LogP contribution < -0.4 is 5.73 Å². The second-order valence-electron chi connectivity index (χ2n) is 5.47. The molecular formula is C15H27N3O. The van der Waals surface area contributed by atoms with E-state index in [0.717, 1.165) is 38.8 Å². The Balaban J connectivity index is 1.83. The number of ether oxygens (including phenoxy) is 1. The molecule has 1 saturated heterocycles. The highest BCUT2D eigenvalue weighted by Gasteiger charge is 2.17. The van der Waals surface area contributed by atoms with E-state index in [-0.39, 0.29) is 6.04 Å². The van der Waals surface area contributed by atoms with Crippen molar-refractivity contribution in [3.8, 4) is 0 Å². The Kier molecular flexibility index (Phi) is 5.40. The summed E-state index contributed by atoms with van der Waals surface area (Å²) in [6.45, 7) is 6.13. The molecular weight excluding hydrogens is 238 g/mol. The van der Waals surface area contributed by atoms with E-state index in [1.165, 1.54) is 24.2 Å². The first-order valence-electron chi connectivity index (χ1n) is 7.65. The zero-order chi connectivity index (χ0) is 13.7. The van der Waals surface area contributed by atoms with E-state index < -0.39 is 0 Å². The molecule has 2 unspecified atom stereocenters. The molecule has 1 aliphatic heterocycles. The van der Waals surface area contributed by atoms with Gasteiger partial charge in [0, 0.05) is 31.3 Å². The zero-order valence-electron chi connectivity index (χ0n) is 12.3. The maximum absolute atomic E-state index is 6.26. The lowest BCUT2D eigenvalue weighted by Gasteiger charge is -2.15. The summed E-state index contributed by atoms with van der Waals surface area (Å²) in [5, 5.41) is 4.57. The number of nitrogens with two attached hydrogens (primary N) is 1. The van der Waals surface area contributed by atoms with E-state index in [1.807, 2.05) is 0 Å². The van der Waals surface area contributed by atoms with Crippen LogP contribution in [0.25, 0.3) is 0 Å². The zero-order valence-corrected chi connectivity index (χ0v) is 12.3. The third kappa shape index (κ3) is 4.05. The van der Waals surface area contributed by atoms with Crippen molar-refractivity contribution < 1.29 is 4.74 Å². The van der Waals surface area contributed by atoms with Crippen LogP contribution in [-0.4, -0.2) is 28.5 Å². The number of hydrogen-bond acceptors (Lipinski definition) is 3. The van der Waals surface area contributed by atoms with Gasteiger partial charge in [0.15, 0.2) is 0 Å². The Morgan fingerprint density at radius 1 is 1.53 bits per heavy atom. The van der Waals surface area contributed by atoms with Crippen LogP contribution in [-0.2, 0) is 24.1 Å². The van der Waals surface area contributed by atoms with Crippen LogP contribution in [0.1, 0.15) is 50.9 Å². The number of nitrogens with zero attached hydrogens (tertiary/aromatic N) is 2. The third-order valence-corrected chi connectivity index (χ3v) is 3.93. The van der Waals surface area contributed by atoms with Gasteiger partial charge in [-0.25, -0.2) is 0 Å². The van der Waals surface area contributed by atoms with Crippen LogP contribution in [0.4, 0.5) is 0 Å². The van der Waals surface area contributed by atoms with Crippen LogP contribution in [0.5, 0.6) is 0 Å². The highest BCUT2D eigenvalue weighted by atomic mass is 16.5. The fourth-order valence-corrected chi connectivity index (χ4v) is 2.77. The lowest BCUT2D eigenvalue weighted by molar-refractivity contribution is 0.101. The van der Waals surface area contributed by atoms with Crippen molar-refractivity contribution in [3.63, 3.8) is 0 Å². The van der Waals surface area contributed by atoms with Crippen LogP contribution in [0, 0.1) is 0 Å². The van der Waals surface area contributed by atoms with Gasteiger partial charge in [0.25, 0.3) is 0 Å². The molecule has 2 N–H and O–H groups in total. The normalized spacial score (nSPS) is 20.9. The molecule has 0 spiro atoms. The van der Waals surface area contributed by atoms with Crippen LogP contribution in [0.2, 0.25) is 0 Å². The summed E-state index contributed by atoms with van der Waals surface area (Å²) >= 11 is 0. The Bertz CT molecular complexity index is 383. The van der Waals surface area contributed by atoms with Gasteiger partial charge in [0.05, 0.1) is 11.8 Å². The standard InChI is InChI=1S/C15H27N3O/c1-3-13-11-14(18(4-2)17-13)10-12(16)7-8-15-6-5-9-19-15/h11-12,15H,3-10,16H2,1-2H3. The van der Waals surface area contributed by atoms with Crippen molar-refractivity contribution in [2.24, 2.45) is 5.73 Å². The molecule has 2 heterocycles. The monoisotopic (exact) mass is 265 g/mol. The van der Waals surface area contributed by atoms with Gasteiger partial charge < -0.3 is 10.5 Å². The Morgan fingerprint density at radius 3 is 3.00 bits per heavy atom. The topological polar surface area (TPSA) is 53.1 Å². The lowest BCUT2D eigenvalue weighted by atomic mass is 10.0. The van der Waals surface area contributed by atoms with E-state index >= 15 is 0 Å². The van der Waals surface area contributed by atoms with Crippen LogP contribution in [0.15, 0.2) is 6.07 Å². The van der Waals surface area contributed by atoms with E-state index in [4.69, 9.17) is 10.5 Å². The molecule has 0 aromatic carbocycles. The summed E-state index contributed by atoms with van der Waals surface area (Å²) in [6, 6.07) is 2.42. The Hall–Kier alpha value is -0.870. The molecule has 0 bridgehead atoms. The molecule has 0 saturated carbocycles. The van der Waals surface area contributed by atoms with Crippen molar-refractivity contribution >= 4 is 0 Å². The SMILES string of the molecule is CCc1cc(CC(N)CCC2CCCO2)n(CC)n1. The minimum absolute atomic E-state index is 0.218. The highest BCUT2D eigenvalue weighted by Crippen LogP contribution is 2.18. The van der Waals surface area contributed by atoms with Crippen molar-refractivity contribution in [2.75, 3.05) is 6.61 Å². The van der Waals surface area contributed by atoms with Crippen molar-refractivity contribution in [1.82, 2.24) is 9.78 Å². The highest BCUT2D eigenvalue weighted by molar-refractivity contribution is 5.11. The van der Waals surface area contributed by atoms with Gasteiger partial charge in [-0.2, -0.15) is 5.10 Å². The average Bonchev–Trinajstić information content (AvgIpc) is 3.05. The summed E-state index contributed by atoms with van der Waals surface area (Å²) in [6.07, 6.45) is 6.93. The van der Waals surface area contributed by atoms with E-state index in [0.29, 0.717) is 6.10 Å². The minimum atomic E-state index is 0.218. The molecule has 2 rings (SSSR count). The van der Waals surface area contributed by atoms with Crippen LogP contribution in [0.3, 0.4) is 0 Å². The first kappa shape index (κ1) is 14.5. The van der Waals surface area contributed by atoms with E-state index in [2.05, 4.69) is 29.7 Å². The predicted octanol–water partition coefficient (Wildman–Crippen LogP) is 2.29. The second-order valence-corrected chi connectivity index (χ2v) is 5.47. The van der Waals surface area contributed by atoms with Gasteiger partial charge >= 0.3 is 0 Å². The van der Waals surface area contributed by atoms with E-state index in [1.54, 1.807) is 0 Å². The molecule has 1 aliphatic rings. The van der Waals surface area contributed by atoms with Gasteiger partial charge in [0.2, 0.25) is 0 Å².